The van der Waals surface area contributed by atoms with E-state index in [1.165, 1.54) is 24.3 Å². The highest BCUT2D eigenvalue weighted by molar-refractivity contribution is 6.97. The third kappa shape index (κ3) is 8.65. The van der Waals surface area contributed by atoms with Crippen molar-refractivity contribution in [3.05, 3.63) is 128 Å². The molecule has 0 aliphatic carbocycles. The average molecular weight is 791 g/mol. The summed E-state index contributed by atoms with van der Waals surface area (Å²) < 4.78 is 7.10. The minimum Gasteiger partial charge on any atom is -0.478 e. The molecule has 0 amide bonds. The summed E-state index contributed by atoms with van der Waals surface area (Å²) in [5.74, 6) is -12.6. The lowest BCUT2D eigenvalue weighted by Gasteiger charge is -2.40. The van der Waals surface area contributed by atoms with E-state index in [1.54, 1.807) is 13.1 Å². The molecule has 2 unspecified atom stereocenters. The van der Waals surface area contributed by atoms with Gasteiger partial charge < -0.3 is 45.0 Å². The van der Waals surface area contributed by atoms with Crippen molar-refractivity contribution in [1.29, 1.82) is 0 Å². The van der Waals surface area contributed by atoms with E-state index in [-0.39, 0.29) is 33.6 Å². The number of carbonyl (C=O) groups is 8. The molecular formula is C36H30O17Si2. The maximum Gasteiger partial charge on any atom is 0.336 e. The first-order valence-electron chi connectivity index (χ1n) is 15.7. The molecule has 8 N–H and O–H groups in total. The molecule has 0 aliphatic heterocycles. The molecule has 19 heteroatoms. The Morgan fingerprint density at radius 3 is 0.873 bits per heavy atom. The summed E-state index contributed by atoms with van der Waals surface area (Å²) in [5, 5.41) is 78.4. The molecule has 4 aromatic carbocycles. The molecule has 0 spiro atoms. The van der Waals surface area contributed by atoms with Crippen LogP contribution in [0.1, 0.15) is 94.0 Å². The lowest BCUT2D eigenvalue weighted by molar-refractivity contribution is 0.0651. The highest BCUT2D eigenvalue weighted by Gasteiger charge is 2.44. The van der Waals surface area contributed by atoms with Gasteiger partial charge in [-0.3, -0.25) is 0 Å². The van der Waals surface area contributed by atoms with Crippen LogP contribution in [0.5, 0.6) is 0 Å². The summed E-state index contributed by atoms with van der Waals surface area (Å²) in [7, 11) is -7.86. The molecule has 17 nitrogen and oxygen atoms in total. The van der Waals surface area contributed by atoms with Crippen LogP contribution < -0.4 is 10.4 Å². The Hall–Kier alpha value is -6.97. The van der Waals surface area contributed by atoms with Gasteiger partial charge in [0.2, 0.25) is 16.6 Å². The number of carboxylic acid groups (broad SMARTS) is 8. The first-order chi connectivity index (χ1) is 25.6. The van der Waals surface area contributed by atoms with Crippen LogP contribution in [0.25, 0.3) is 0 Å². The molecule has 0 saturated heterocycles. The first kappa shape index (κ1) is 40.8. The zero-order valence-electron chi connectivity index (χ0n) is 28.6. The van der Waals surface area contributed by atoms with Crippen LogP contribution in [-0.4, -0.2) is 105 Å². The standard InChI is InChI=1S/C36H30O17Si2/c1-54(19-5-9-23(31(41)42)27(13-19)35(49)50,15-17-3-7-21(29(37)38)25(11-17)33(45)46)53-55(2,20-6-10-24(32(43)44)28(14-20)36(51)52)16-18-4-8-22(30(39)40)26(12-18)34(47)48/h3-14H,15-16H2,1-2H3,(H,37,38)(H,39,40)(H,41,42)(H,43,44)(H,45,46)(H,47,48)(H,49,50)(H,51,52). The summed E-state index contributed by atoms with van der Waals surface area (Å²) in [6, 6.07) is 13.2. The van der Waals surface area contributed by atoms with E-state index < -0.39 is 109 Å². The summed E-state index contributed by atoms with van der Waals surface area (Å²) in [6.07, 6.45) is 0. The summed E-state index contributed by atoms with van der Waals surface area (Å²) in [6.45, 7) is 3.12. The molecule has 4 aromatic rings. The zero-order valence-corrected chi connectivity index (χ0v) is 30.6. The van der Waals surface area contributed by atoms with E-state index in [4.69, 9.17) is 4.12 Å². The molecule has 0 aromatic heterocycles. The highest BCUT2D eigenvalue weighted by atomic mass is 28.4. The largest absolute Gasteiger partial charge is 0.478 e. The van der Waals surface area contributed by atoms with Gasteiger partial charge in [0.05, 0.1) is 44.5 Å². The molecule has 0 saturated carbocycles. The minimum absolute atomic E-state index is 0.140. The molecule has 0 bridgehead atoms. The lowest BCUT2D eigenvalue weighted by Crippen LogP contribution is -2.63. The average Bonchev–Trinajstić information content (AvgIpc) is 3.10. The van der Waals surface area contributed by atoms with E-state index in [1.807, 2.05) is 0 Å². The van der Waals surface area contributed by atoms with E-state index >= 15 is 0 Å². The van der Waals surface area contributed by atoms with Crippen molar-refractivity contribution >= 4 is 74.8 Å². The molecule has 2 atom stereocenters. The molecule has 284 valence electrons. The molecule has 55 heavy (non-hydrogen) atoms. The summed E-state index contributed by atoms with van der Waals surface area (Å²) >= 11 is 0. The van der Waals surface area contributed by atoms with E-state index in [9.17, 15) is 79.2 Å². The quantitative estimate of drug-likeness (QED) is 0.0756. The highest BCUT2D eigenvalue weighted by Crippen LogP contribution is 2.27. The predicted octanol–water partition coefficient (Wildman–Crippen LogP) is 3.12. The van der Waals surface area contributed by atoms with Crippen LogP contribution in [-0.2, 0) is 16.2 Å². The maximum absolute atomic E-state index is 12.3. The van der Waals surface area contributed by atoms with Gasteiger partial charge in [0.1, 0.15) is 0 Å². The normalized spacial score (nSPS) is 13.1. The number of hydrogen-bond acceptors (Lipinski definition) is 9. The van der Waals surface area contributed by atoms with Crippen molar-refractivity contribution < 1.29 is 83.3 Å². The second-order valence-corrected chi connectivity index (χ2v) is 20.2. The predicted molar refractivity (Wildman–Crippen MR) is 192 cm³/mol. The fraction of sp³-hybridized carbons (Fsp3) is 0.111. The summed E-state index contributed by atoms with van der Waals surface area (Å²) in [5.41, 5.74) is -4.34. The van der Waals surface area contributed by atoms with Crippen molar-refractivity contribution in [2.75, 3.05) is 0 Å². The van der Waals surface area contributed by atoms with Crippen LogP contribution in [0.15, 0.2) is 72.8 Å². The van der Waals surface area contributed by atoms with Crippen molar-refractivity contribution in [2.45, 2.75) is 25.2 Å². The summed E-state index contributed by atoms with van der Waals surface area (Å²) in [4.78, 5) is 96.2. The van der Waals surface area contributed by atoms with Crippen LogP contribution >= 0.6 is 0 Å². The van der Waals surface area contributed by atoms with Gasteiger partial charge in [0.15, 0.2) is 0 Å². The first-order valence-corrected chi connectivity index (χ1v) is 20.9. The number of aromatic carboxylic acids is 8. The fourth-order valence-corrected chi connectivity index (χ4v) is 15.9. The Labute approximate surface area is 311 Å². The van der Waals surface area contributed by atoms with Gasteiger partial charge in [-0.15, -0.1) is 0 Å². The van der Waals surface area contributed by atoms with Crippen molar-refractivity contribution in [2.24, 2.45) is 0 Å². The van der Waals surface area contributed by atoms with Crippen LogP contribution in [0.2, 0.25) is 13.1 Å². The minimum atomic E-state index is -3.93. The second kappa shape index (κ2) is 15.6. The number of benzene rings is 4. The SMILES string of the molecule is C[Si](Cc1ccc(C(=O)O)c(C(=O)O)c1)(O[Si](C)(Cc1ccc(C(=O)O)c(C(=O)O)c1)c1ccc(C(=O)O)c(C(=O)O)c1)c1ccc(C(=O)O)c(C(=O)O)c1. The van der Waals surface area contributed by atoms with Gasteiger partial charge in [-0.1, -0.05) is 24.3 Å². The van der Waals surface area contributed by atoms with Gasteiger partial charge in [0, 0.05) is 0 Å². The zero-order chi connectivity index (χ0) is 41.2. The van der Waals surface area contributed by atoms with Crippen molar-refractivity contribution in [3.63, 3.8) is 0 Å². The Kier molecular flexibility index (Phi) is 11.5. The fourth-order valence-electron chi connectivity index (χ4n) is 6.27. The Morgan fingerprint density at radius 2 is 0.618 bits per heavy atom. The molecular weight excluding hydrogens is 761 g/mol. The van der Waals surface area contributed by atoms with E-state index in [2.05, 4.69) is 0 Å². The van der Waals surface area contributed by atoms with Gasteiger partial charge in [-0.05, 0) is 95.2 Å². The Bertz CT molecular complexity index is 2170. The third-order valence-electron chi connectivity index (χ3n) is 8.81. The van der Waals surface area contributed by atoms with Crippen LogP contribution in [0.3, 0.4) is 0 Å². The van der Waals surface area contributed by atoms with E-state index in [0.29, 0.717) is 0 Å². The molecule has 0 aliphatic rings. The Morgan fingerprint density at radius 1 is 0.382 bits per heavy atom. The van der Waals surface area contributed by atoms with Crippen molar-refractivity contribution in [3.8, 4) is 0 Å². The van der Waals surface area contributed by atoms with Gasteiger partial charge in [-0.2, -0.15) is 0 Å². The third-order valence-corrected chi connectivity index (χ3v) is 17.6. The van der Waals surface area contributed by atoms with Gasteiger partial charge >= 0.3 is 47.8 Å². The topological polar surface area (TPSA) is 308 Å². The monoisotopic (exact) mass is 790 g/mol. The number of rotatable bonds is 16. The van der Waals surface area contributed by atoms with Crippen LogP contribution in [0.4, 0.5) is 0 Å². The number of carboxylic acids is 8. The number of hydrogen-bond donors (Lipinski definition) is 8. The maximum atomic E-state index is 12.3. The molecule has 4 rings (SSSR count). The second-order valence-electron chi connectivity index (χ2n) is 12.6. The van der Waals surface area contributed by atoms with Crippen LogP contribution in [0, 0.1) is 0 Å². The molecule has 0 radical (unpaired) electrons. The van der Waals surface area contributed by atoms with Crippen molar-refractivity contribution in [1.82, 2.24) is 0 Å². The smallest absolute Gasteiger partial charge is 0.336 e. The molecule has 0 fully saturated rings. The lowest BCUT2D eigenvalue weighted by atomic mass is 10.0. The Balaban J connectivity index is 2.07. The van der Waals surface area contributed by atoms with Gasteiger partial charge in [0.25, 0.3) is 0 Å². The van der Waals surface area contributed by atoms with Gasteiger partial charge in [-0.25, -0.2) is 38.4 Å². The van der Waals surface area contributed by atoms with E-state index in [0.717, 1.165) is 48.5 Å². The molecule has 0 heterocycles.